The highest BCUT2D eigenvalue weighted by molar-refractivity contribution is 6.02. The first-order chi connectivity index (χ1) is 14.7. The molecule has 5 nitrogen and oxygen atoms in total. The van der Waals surface area contributed by atoms with Gasteiger partial charge in [-0.25, -0.2) is 9.69 Å². The van der Waals surface area contributed by atoms with Crippen LogP contribution in [0.15, 0.2) is 60.4 Å². The number of carbonyl (C=O) groups is 2. The van der Waals surface area contributed by atoms with E-state index < -0.39 is 6.09 Å². The average molecular weight is 405 g/mol. The average Bonchev–Trinajstić information content (AvgIpc) is 3.26. The van der Waals surface area contributed by atoms with Crippen molar-refractivity contribution in [2.24, 2.45) is 0 Å². The predicted molar refractivity (Wildman–Crippen MR) is 115 cm³/mol. The molecule has 2 amide bonds. The Morgan fingerprint density at radius 1 is 1.00 bits per heavy atom. The van der Waals surface area contributed by atoms with Crippen LogP contribution < -0.4 is 0 Å². The minimum atomic E-state index is -0.605. The van der Waals surface area contributed by atoms with Crippen molar-refractivity contribution in [2.75, 3.05) is 13.7 Å². The quantitative estimate of drug-likeness (QED) is 0.590. The summed E-state index contributed by atoms with van der Waals surface area (Å²) in [6, 6.07) is 16.0. The Balaban J connectivity index is 1.50. The molecule has 0 fully saturated rings. The van der Waals surface area contributed by atoms with E-state index in [4.69, 9.17) is 9.47 Å². The number of rotatable bonds is 7. The number of unbranched alkanes of at least 4 members (excludes halogenated alkanes) is 2. The van der Waals surface area contributed by atoms with E-state index in [9.17, 15) is 9.59 Å². The molecule has 1 atom stereocenters. The van der Waals surface area contributed by atoms with Crippen molar-refractivity contribution in [3.05, 3.63) is 71.5 Å². The number of ether oxygens (including phenoxy) is 2. The Hall–Kier alpha value is -3.08. The van der Waals surface area contributed by atoms with Gasteiger partial charge in [0.25, 0.3) is 5.91 Å². The zero-order valence-corrected chi connectivity index (χ0v) is 17.5. The monoisotopic (exact) mass is 405 g/mol. The number of methoxy groups -OCH3 is 1. The van der Waals surface area contributed by atoms with Crippen LogP contribution >= 0.6 is 0 Å². The summed E-state index contributed by atoms with van der Waals surface area (Å²) in [6.07, 6.45) is 4.51. The third-order valence-corrected chi connectivity index (χ3v) is 5.99. The highest BCUT2D eigenvalue weighted by atomic mass is 16.6. The second-order valence-corrected chi connectivity index (χ2v) is 7.77. The lowest BCUT2D eigenvalue weighted by Gasteiger charge is -2.25. The first-order valence-electron chi connectivity index (χ1n) is 10.6. The highest BCUT2D eigenvalue weighted by Gasteiger charge is 2.39. The van der Waals surface area contributed by atoms with Gasteiger partial charge in [-0.1, -0.05) is 74.7 Å². The lowest BCUT2D eigenvalue weighted by Crippen LogP contribution is -2.41. The lowest BCUT2D eigenvalue weighted by atomic mass is 9.98. The maximum absolute atomic E-state index is 12.9. The van der Waals surface area contributed by atoms with Crippen molar-refractivity contribution in [3.63, 3.8) is 0 Å². The molecule has 1 aliphatic heterocycles. The van der Waals surface area contributed by atoms with Crippen LogP contribution in [0, 0.1) is 0 Å². The second-order valence-electron chi connectivity index (χ2n) is 7.77. The molecule has 0 radical (unpaired) electrons. The van der Waals surface area contributed by atoms with E-state index in [0.717, 1.165) is 30.4 Å². The predicted octanol–water partition coefficient (Wildman–Crippen LogP) is 5.26. The smallest absolute Gasteiger partial charge is 0.417 e. The Labute approximate surface area is 177 Å². The Bertz CT molecular complexity index is 935. The molecule has 2 aliphatic rings. The number of imide groups is 1. The molecule has 0 unspecified atom stereocenters. The van der Waals surface area contributed by atoms with Crippen molar-refractivity contribution < 1.29 is 19.1 Å². The van der Waals surface area contributed by atoms with Crippen LogP contribution in [0.3, 0.4) is 0 Å². The van der Waals surface area contributed by atoms with Crippen molar-refractivity contribution >= 4 is 12.0 Å². The van der Waals surface area contributed by atoms with Crippen LogP contribution in [0.4, 0.5) is 4.79 Å². The third-order valence-electron chi connectivity index (χ3n) is 5.99. The van der Waals surface area contributed by atoms with Crippen LogP contribution in [0.25, 0.3) is 11.1 Å². The first kappa shape index (κ1) is 20.2. The number of fused-ring (bicyclic) bond motifs is 3. The largest absolute Gasteiger partial charge is 0.499 e. The van der Waals surface area contributed by atoms with Gasteiger partial charge in [-0.15, -0.1) is 0 Å². The highest BCUT2D eigenvalue weighted by Crippen LogP contribution is 2.44. The molecule has 0 spiro atoms. The van der Waals surface area contributed by atoms with E-state index in [2.05, 4.69) is 31.2 Å². The summed E-state index contributed by atoms with van der Waals surface area (Å²) < 4.78 is 11.1. The summed E-state index contributed by atoms with van der Waals surface area (Å²) in [5.41, 5.74) is 4.64. The molecular formula is C25H27NO4. The van der Waals surface area contributed by atoms with Crippen molar-refractivity contribution in [1.29, 1.82) is 0 Å². The van der Waals surface area contributed by atoms with Gasteiger partial charge in [-0.05, 0) is 28.7 Å². The topological polar surface area (TPSA) is 55.8 Å². The molecule has 4 rings (SSSR count). The van der Waals surface area contributed by atoms with E-state index >= 15 is 0 Å². The van der Waals surface area contributed by atoms with Crippen LogP contribution in [0.2, 0.25) is 0 Å². The van der Waals surface area contributed by atoms with Gasteiger partial charge in [-0.2, -0.15) is 0 Å². The van der Waals surface area contributed by atoms with Gasteiger partial charge in [0, 0.05) is 12.0 Å². The van der Waals surface area contributed by atoms with Crippen molar-refractivity contribution in [1.82, 2.24) is 4.90 Å². The van der Waals surface area contributed by atoms with Gasteiger partial charge in [0.1, 0.15) is 18.4 Å². The SMILES string of the molecule is CCCCC[C@H]1C(OC)=CC(=O)N1C(=O)OCC1c2ccccc2-c2ccccc21. The number of benzene rings is 2. The molecule has 0 saturated heterocycles. The molecule has 30 heavy (non-hydrogen) atoms. The van der Waals surface area contributed by atoms with Gasteiger partial charge < -0.3 is 9.47 Å². The fraction of sp³-hybridized carbons (Fsp3) is 0.360. The van der Waals surface area contributed by atoms with Crippen LogP contribution in [0.5, 0.6) is 0 Å². The van der Waals surface area contributed by atoms with E-state index in [1.165, 1.54) is 29.2 Å². The number of amides is 2. The van der Waals surface area contributed by atoms with E-state index in [1.54, 1.807) is 0 Å². The number of carbonyl (C=O) groups excluding carboxylic acids is 2. The summed E-state index contributed by atoms with van der Waals surface area (Å²) in [4.78, 5) is 26.6. The van der Waals surface area contributed by atoms with Gasteiger partial charge in [-0.3, -0.25) is 4.79 Å². The zero-order chi connectivity index (χ0) is 21.1. The molecule has 0 aromatic heterocycles. The number of nitrogens with zero attached hydrogens (tertiary/aromatic N) is 1. The molecule has 2 aromatic carbocycles. The van der Waals surface area contributed by atoms with E-state index in [-0.39, 0.29) is 24.5 Å². The van der Waals surface area contributed by atoms with Crippen LogP contribution in [-0.2, 0) is 14.3 Å². The first-order valence-corrected chi connectivity index (χ1v) is 10.6. The zero-order valence-electron chi connectivity index (χ0n) is 17.5. The standard InChI is InChI=1S/C25H27NO4/c1-3-4-5-14-22-23(29-2)15-24(27)26(22)25(28)30-16-21-19-12-8-6-10-17(19)18-11-7-9-13-20(18)21/h6-13,15,21-22H,3-5,14,16H2,1-2H3/t22-/m0/s1. The molecule has 156 valence electrons. The van der Waals surface area contributed by atoms with E-state index in [0.29, 0.717) is 12.2 Å². The Kier molecular flexibility index (Phi) is 5.88. The van der Waals surface area contributed by atoms with Gasteiger partial charge in [0.15, 0.2) is 0 Å². The van der Waals surface area contributed by atoms with Gasteiger partial charge in [0.2, 0.25) is 0 Å². The Morgan fingerprint density at radius 3 is 2.23 bits per heavy atom. The normalized spacial score (nSPS) is 17.5. The fourth-order valence-corrected chi connectivity index (χ4v) is 4.50. The summed E-state index contributed by atoms with van der Waals surface area (Å²) in [5.74, 6) is 0.127. The minimum Gasteiger partial charge on any atom is -0.499 e. The molecule has 1 aliphatic carbocycles. The van der Waals surface area contributed by atoms with Crippen molar-refractivity contribution in [2.45, 2.75) is 44.6 Å². The maximum atomic E-state index is 12.9. The Morgan fingerprint density at radius 2 is 1.63 bits per heavy atom. The molecule has 0 saturated carbocycles. The summed E-state index contributed by atoms with van der Waals surface area (Å²) in [5, 5.41) is 0. The molecule has 1 heterocycles. The summed E-state index contributed by atoms with van der Waals surface area (Å²) in [6.45, 7) is 2.32. The summed E-state index contributed by atoms with van der Waals surface area (Å²) >= 11 is 0. The lowest BCUT2D eigenvalue weighted by molar-refractivity contribution is -0.124. The molecule has 5 heteroatoms. The minimum absolute atomic E-state index is 0.0348. The van der Waals surface area contributed by atoms with Crippen molar-refractivity contribution in [3.8, 4) is 11.1 Å². The van der Waals surface area contributed by atoms with Crippen LogP contribution in [-0.4, -0.2) is 36.7 Å². The molecule has 0 bridgehead atoms. The fourth-order valence-electron chi connectivity index (χ4n) is 4.50. The number of hydrogen-bond acceptors (Lipinski definition) is 4. The number of hydrogen-bond donors (Lipinski definition) is 0. The van der Waals surface area contributed by atoms with E-state index in [1.807, 2.05) is 24.3 Å². The van der Waals surface area contributed by atoms with Gasteiger partial charge >= 0.3 is 6.09 Å². The van der Waals surface area contributed by atoms with Crippen LogP contribution in [0.1, 0.15) is 49.7 Å². The maximum Gasteiger partial charge on any atom is 0.417 e. The molecule has 2 aromatic rings. The summed E-state index contributed by atoms with van der Waals surface area (Å²) in [7, 11) is 1.53. The molecular weight excluding hydrogens is 378 g/mol. The molecule has 0 N–H and O–H groups in total. The third kappa shape index (κ3) is 3.60. The second kappa shape index (κ2) is 8.74. The van der Waals surface area contributed by atoms with Gasteiger partial charge in [0.05, 0.1) is 7.11 Å².